The van der Waals surface area contributed by atoms with Gasteiger partial charge in [0, 0.05) is 23.2 Å². The lowest BCUT2D eigenvalue weighted by Gasteiger charge is -2.13. The first kappa shape index (κ1) is 12.3. The molecular weight excluding hydrogens is 210 g/mol. The number of hydrogen-bond acceptors (Lipinski definition) is 2. The molecular formula is C12H18ClNO. The van der Waals surface area contributed by atoms with Crippen LogP contribution in [0.3, 0.4) is 0 Å². The van der Waals surface area contributed by atoms with E-state index in [1.807, 2.05) is 18.2 Å². The summed E-state index contributed by atoms with van der Waals surface area (Å²) < 4.78 is 5.27. The van der Waals surface area contributed by atoms with Crippen LogP contribution in [0.5, 0.6) is 5.75 Å². The largest absolute Gasteiger partial charge is 0.496 e. The van der Waals surface area contributed by atoms with Gasteiger partial charge in [-0.1, -0.05) is 24.6 Å². The molecule has 3 heteroatoms. The van der Waals surface area contributed by atoms with Crippen LogP contribution in [-0.2, 0) is 6.54 Å². The molecule has 1 N–H and O–H groups in total. The van der Waals surface area contributed by atoms with E-state index < -0.39 is 0 Å². The molecule has 1 atom stereocenters. The van der Waals surface area contributed by atoms with Crippen molar-refractivity contribution in [2.45, 2.75) is 32.9 Å². The zero-order valence-corrected chi connectivity index (χ0v) is 10.3. The standard InChI is InChI=1S/C12H18ClNO/c1-4-9(2)14-8-10-5-6-11(13)7-12(10)15-3/h5-7,9,14H,4,8H2,1-3H3. The normalized spacial score (nSPS) is 12.5. The second kappa shape index (κ2) is 5.99. The van der Waals surface area contributed by atoms with Gasteiger partial charge in [0.25, 0.3) is 0 Å². The minimum absolute atomic E-state index is 0.519. The van der Waals surface area contributed by atoms with Crippen molar-refractivity contribution in [3.8, 4) is 5.75 Å². The molecule has 0 bridgehead atoms. The Labute approximate surface area is 96.6 Å². The molecule has 0 aliphatic carbocycles. The van der Waals surface area contributed by atoms with E-state index in [2.05, 4.69) is 19.2 Å². The highest BCUT2D eigenvalue weighted by molar-refractivity contribution is 6.30. The minimum Gasteiger partial charge on any atom is -0.496 e. The molecule has 15 heavy (non-hydrogen) atoms. The van der Waals surface area contributed by atoms with Gasteiger partial charge >= 0.3 is 0 Å². The van der Waals surface area contributed by atoms with Gasteiger partial charge in [0.15, 0.2) is 0 Å². The summed E-state index contributed by atoms with van der Waals surface area (Å²) >= 11 is 5.89. The maximum Gasteiger partial charge on any atom is 0.124 e. The summed E-state index contributed by atoms with van der Waals surface area (Å²) in [4.78, 5) is 0. The lowest BCUT2D eigenvalue weighted by atomic mass is 10.2. The summed E-state index contributed by atoms with van der Waals surface area (Å²) in [6, 6.07) is 6.24. The molecule has 0 saturated heterocycles. The predicted octanol–water partition coefficient (Wildman–Crippen LogP) is 3.24. The zero-order valence-electron chi connectivity index (χ0n) is 9.51. The summed E-state index contributed by atoms with van der Waals surface area (Å²) in [7, 11) is 1.67. The highest BCUT2D eigenvalue weighted by Gasteiger charge is 2.04. The molecule has 0 aliphatic heterocycles. The van der Waals surface area contributed by atoms with Crippen LogP contribution < -0.4 is 10.1 Å². The van der Waals surface area contributed by atoms with E-state index in [-0.39, 0.29) is 0 Å². The van der Waals surface area contributed by atoms with Gasteiger partial charge in [-0.3, -0.25) is 0 Å². The van der Waals surface area contributed by atoms with Gasteiger partial charge in [0.1, 0.15) is 5.75 Å². The maximum absolute atomic E-state index is 5.89. The van der Waals surface area contributed by atoms with Gasteiger partial charge in [-0.15, -0.1) is 0 Å². The Morgan fingerprint density at radius 2 is 2.20 bits per heavy atom. The average Bonchev–Trinajstić information content (AvgIpc) is 2.26. The molecule has 1 aromatic rings. The lowest BCUT2D eigenvalue weighted by molar-refractivity contribution is 0.405. The molecule has 2 nitrogen and oxygen atoms in total. The van der Waals surface area contributed by atoms with E-state index in [0.29, 0.717) is 11.1 Å². The van der Waals surface area contributed by atoms with Crippen molar-refractivity contribution >= 4 is 11.6 Å². The second-order valence-corrected chi connectivity index (χ2v) is 4.08. The number of benzene rings is 1. The number of methoxy groups -OCH3 is 1. The van der Waals surface area contributed by atoms with Crippen molar-refractivity contribution < 1.29 is 4.74 Å². The monoisotopic (exact) mass is 227 g/mol. The van der Waals surface area contributed by atoms with Gasteiger partial charge in [-0.25, -0.2) is 0 Å². The van der Waals surface area contributed by atoms with Crippen LogP contribution in [0.2, 0.25) is 5.02 Å². The van der Waals surface area contributed by atoms with Crippen molar-refractivity contribution in [2.24, 2.45) is 0 Å². The van der Waals surface area contributed by atoms with Gasteiger partial charge < -0.3 is 10.1 Å². The quantitative estimate of drug-likeness (QED) is 0.834. The number of ether oxygens (including phenoxy) is 1. The third kappa shape index (κ3) is 3.73. The van der Waals surface area contributed by atoms with Crippen LogP contribution in [0.25, 0.3) is 0 Å². The Morgan fingerprint density at radius 3 is 2.80 bits per heavy atom. The van der Waals surface area contributed by atoms with Crippen molar-refractivity contribution in [1.82, 2.24) is 5.32 Å². The van der Waals surface area contributed by atoms with E-state index in [1.165, 1.54) is 0 Å². The highest BCUT2D eigenvalue weighted by Crippen LogP contribution is 2.22. The van der Waals surface area contributed by atoms with Crippen molar-refractivity contribution in [1.29, 1.82) is 0 Å². The lowest BCUT2D eigenvalue weighted by Crippen LogP contribution is -2.24. The molecule has 0 saturated carbocycles. The molecule has 0 radical (unpaired) electrons. The molecule has 0 spiro atoms. The molecule has 0 heterocycles. The summed E-state index contributed by atoms with van der Waals surface area (Å²) in [6.45, 7) is 5.15. The van der Waals surface area contributed by atoms with Gasteiger partial charge in [-0.2, -0.15) is 0 Å². The summed E-state index contributed by atoms with van der Waals surface area (Å²) in [6.07, 6.45) is 1.12. The van der Waals surface area contributed by atoms with E-state index in [0.717, 1.165) is 24.3 Å². The fourth-order valence-corrected chi connectivity index (χ4v) is 1.46. The molecule has 84 valence electrons. The Balaban J connectivity index is 2.67. The van der Waals surface area contributed by atoms with Crippen LogP contribution >= 0.6 is 11.6 Å². The zero-order chi connectivity index (χ0) is 11.3. The third-order valence-corrected chi connectivity index (χ3v) is 2.74. The number of halogens is 1. The van der Waals surface area contributed by atoms with E-state index in [1.54, 1.807) is 7.11 Å². The first-order valence-electron chi connectivity index (χ1n) is 5.23. The Bertz CT molecular complexity index is 314. The van der Waals surface area contributed by atoms with Crippen LogP contribution in [-0.4, -0.2) is 13.2 Å². The smallest absolute Gasteiger partial charge is 0.124 e. The van der Waals surface area contributed by atoms with Gasteiger partial charge in [0.2, 0.25) is 0 Å². The number of nitrogens with one attached hydrogen (secondary N) is 1. The first-order chi connectivity index (χ1) is 7.17. The highest BCUT2D eigenvalue weighted by atomic mass is 35.5. The first-order valence-corrected chi connectivity index (χ1v) is 5.61. The van der Waals surface area contributed by atoms with E-state index in [4.69, 9.17) is 16.3 Å². The summed E-state index contributed by atoms with van der Waals surface area (Å²) in [5.74, 6) is 0.846. The predicted molar refractivity (Wildman–Crippen MR) is 64.6 cm³/mol. The SMILES string of the molecule is CCC(C)NCc1ccc(Cl)cc1OC. The fourth-order valence-electron chi connectivity index (χ4n) is 1.29. The van der Waals surface area contributed by atoms with E-state index >= 15 is 0 Å². The van der Waals surface area contributed by atoms with Crippen molar-refractivity contribution in [3.05, 3.63) is 28.8 Å². The van der Waals surface area contributed by atoms with Crippen molar-refractivity contribution in [2.75, 3.05) is 7.11 Å². The number of rotatable bonds is 5. The van der Waals surface area contributed by atoms with Crippen LogP contribution in [0.4, 0.5) is 0 Å². The summed E-state index contributed by atoms with van der Waals surface area (Å²) in [5, 5.41) is 4.13. The second-order valence-electron chi connectivity index (χ2n) is 3.65. The Kier molecular flexibility index (Phi) is 4.92. The molecule has 1 unspecified atom stereocenters. The molecule has 1 rings (SSSR count). The Hall–Kier alpha value is -0.730. The van der Waals surface area contributed by atoms with Crippen LogP contribution in [0, 0.1) is 0 Å². The third-order valence-electron chi connectivity index (χ3n) is 2.50. The topological polar surface area (TPSA) is 21.3 Å². The van der Waals surface area contributed by atoms with Gasteiger partial charge in [0.05, 0.1) is 7.11 Å². The van der Waals surface area contributed by atoms with E-state index in [9.17, 15) is 0 Å². The molecule has 0 amide bonds. The fraction of sp³-hybridized carbons (Fsp3) is 0.500. The average molecular weight is 228 g/mol. The van der Waals surface area contributed by atoms with Crippen LogP contribution in [0.1, 0.15) is 25.8 Å². The maximum atomic E-state index is 5.89. The molecule has 0 aromatic heterocycles. The summed E-state index contributed by atoms with van der Waals surface area (Å²) in [5.41, 5.74) is 1.14. The van der Waals surface area contributed by atoms with Crippen LogP contribution in [0.15, 0.2) is 18.2 Å². The van der Waals surface area contributed by atoms with Gasteiger partial charge in [-0.05, 0) is 25.5 Å². The number of hydrogen-bond donors (Lipinski definition) is 1. The minimum atomic E-state index is 0.519. The molecule has 0 aliphatic rings. The Morgan fingerprint density at radius 1 is 1.47 bits per heavy atom. The molecule has 0 fully saturated rings. The van der Waals surface area contributed by atoms with Crippen molar-refractivity contribution in [3.63, 3.8) is 0 Å². The molecule has 1 aromatic carbocycles.